The quantitative estimate of drug-likeness (QED) is 0.229. The predicted octanol–water partition coefficient (Wildman–Crippen LogP) is 5.69. The molecule has 0 N–H and O–H groups in total. The van der Waals surface area contributed by atoms with Crippen molar-refractivity contribution in [1.82, 2.24) is 9.80 Å². The Morgan fingerprint density at radius 1 is 0.610 bits per heavy atom. The summed E-state index contributed by atoms with van der Waals surface area (Å²) in [6, 6.07) is 8.21. The van der Waals surface area contributed by atoms with Crippen LogP contribution in [0, 0.1) is 0 Å². The normalized spacial score (nSPS) is 10.7. The zero-order valence-electron chi connectivity index (χ0n) is 26.4. The molecule has 0 aliphatic heterocycles. The number of methoxy groups -OCH3 is 2. The molecule has 0 aliphatic rings. The minimum atomic E-state index is -0.0842. The first kappa shape index (κ1) is 33.8. The molecule has 228 valence electrons. The largest absolute Gasteiger partial charge is 0.493 e. The highest BCUT2D eigenvalue weighted by Gasteiger charge is 2.22. The summed E-state index contributed by atoms with van der Waals surface area (Å²) >= 11 is 0. The monoisotopic (exact) mass is 570 g/mol. The van der Waals surface area contributed by atoms with Gasteiger partial charge in [-0.2, -0.15) is 0 Å². The molecule has 0 spiro atoms. The Balaban J connectivity index is 2.60. The third-order valence-corrected chi connectivity index (χ3v) is 7.19. The summed E-state index contributed by atoms with van der Waals surface area (Å²) in [5, 5.41) is 0. The van der Waals surface area contributed by atoms with Gasteiger partial charge in [0.15, 0.2) is 36.2 Å². The Hall–Kier alpha value is -3.42. The minimum absolute atomic E-state index is 0.0776. The van der Waals surface area contributed by atoms with Crippen molar-refractivity contribution in [2.45, 2.75) is 73.6 Å². The van der Waals surface area contributed by atoms with Gasteiger partial charge < -0.3 is 28.7 Å². The molecule has 2 aromatic rings. The molecule has 0 aromatic heterocycles. The van der Waals surface area contributed by atoms with Crippen molar-refractivity contribution >= 4 is 11.8 Å². The highest BCUT2D eigenvalue weighted by Crippen LogP contribution is 2.39. The van der Waals surface area contributed by atoms with Crippen molar-refractivity contribution in [3.63, 3.8) is 0 Å². The molecule has 0 heterocycles. The Bertz CT molecular complexity index is 1040. The molecule has 0 radical (unpaired) electrons. The van der Waals surface area contributed by atoms with Crippen LogP contribution >= 0.6 is 0 Å². The van der Waals surface area contributed by atoms with Crippen LogP contribution in [0.5, 0.6) is 23.0 Å². The standard InChI is InChI=1S/C33H50N2O6/c1-9-15-24-17-26(32(28(19-24)38-7)40-22-30(36)34(11-3)12-4)21-27-18-25(16-10-2)20-29(39-8)33(27)41-23-31(37)35(13-5)14-6/h17-20H,9-16,21-23H2,1-8H3. The molecule has 8 heteroatoms. The first-order valence-corrected chi connectivity index (χ1v) is 15.0. The van der Waals surface area contributed by atoms with Crippen LogP contribution in [-0.2, 0) is 28.9 Å². The maximum Gasteiger partial charge on any atom is 0.260 e. The van der Waals surface area contributed by atoms with Crippen LogP contribution in [0.3, 0.4) is 0 Å². The summed E-state index contributed by atoms with van der Waals surface area (Å²) < 4.78 is 23.9. The van der Waals surface area contributed by atoms with Gasteiger partial charge >= 0.3 is 0 Å². The van der Waals surface area contributed by atoms with Gasteiger partial charge in [-0.1, -0.05) is 38.8 Å². The lowest BCUT2D eigenvalue weighted by Gasteiger charge is -2.23. The molecule has 0 aliphatic carbocycles. The molecule has 2 rings (SSSR count). The van der Waals surface area contributed by atoms with Gasteiger partial charge in [-0.3, -0.25) is 9.59 Å². The van der Waals surface area contributed by atoms with E-state index in [1.54, 1.807) is 24.0 Å². The minimum Gasteiger partial charge on any atom is -0.493 e. The van der Waals surface area contributed by atoms with E-state index < -0.39 is 0 Å². The van der Waals surface area contributed by atoms with E-state index in [0.717, 1.165) is 47.9 Å². The van der Waals surface area contributed by atoms with Crippen LogP contribution in [0.2, 0.25) is 0 Å². The molecule has 41 heavy (non-hydrogen) atoms. The van der Waals surface area contributed by atoms with Crippen LogP contribution in [0.25, 0.3) is 0 Å². The van der Waals surface area contributed by atoms with E-state index in [2.05, 4.69) is 26.0 Å². The SMILES string of the molecule is CCCc1cc(Cc2cc(CCC)cc(OC)c2OCC(=O)N(CC)CC)c(OCC(=O)N(CC)CC)c(OC)c1. The number of rotatable bonds is 18. The number of carbonyl (C=O) groups is 2. The number of hydrogen-bond donors (Lipinski definition) is 0. The summed E-state index contributed by atoms with van der Waals surface area (Å²) in [6.45, 7) is 14.4. The number of ether oxygens (including phenoxy) is 4. The fourth-order valence-corrected chi connectivity index (χ4v) is 5.01. The van der Waals surface area contributed by atoms with E-state index in [1.165, 1.54) is 0 Å². The summed E-state index contributed by atoms with van der Waals surface area (Å²) in [7, 11) is 3.23. The molecular weight excluding hydrogens is 520 g/mol. The average Bonchev–Trinajstić information content (AvgIpc) is 2.97. The molecule has 0 atom stereocenters. The molecule has 0 fully saturated rings. The second-order valence-electron chi connectivity index (χ2n) is 9.96. The van der Waals surface area contributed by atoms with E-state index >= 15 is 0 Å². The topological polar surface area (TPSA) is 77.5 Å². The highest BCUT2D eigenvalue weighted by atomic mass is 16.5. The highest BCUT2D eigenvalue weighted by molar-refractivity contribution is 5.78. The Morgan fingerprint density at radius 3 is 1.27 bits per heavy atom. The second-order valence-corrected chi connectivity index (χ2v) is 9.96. The van der Waals surface area contributed by atoms with Gasteiger partial charge in [-0.15, -0.1) is 0 Å². The zero-order chi connectivity index (χ0) is 30.4. The van der Waals surface area contributed by atoms with E-state index in [1.807, 2.05) is 39.8 Å². The number of hydrogen-bond acceptors (Lipinski definition) is 6. The maximum atomic E-state index is 12.8. The van der Waals surface area contributed by atoms with Crippen molar-refractivity contribution in [3.05, 3.63) is 46.5 Å². The molecule has 0 bridgehead atoms. The van der Waals surface area contributed by atoms with Gasteiger partial charge in [0.2, 0.25) is 0 Å². The predicted molar refractivity (Wildman–Crippen MR) is 164 cm³/mol. The van der Waals surface area contributed by atoms with Gasteiger partial charge in [-0.05, 0) is 63.8 Å². The molecule has 0 unspecified atom stereocenters. The third-order valence-electron chi connectivity index (χ3n) is 7.19. The van der Waals surface area contributed by atoms with Crippen molar-refractivity contribution < 1.29 is 28.5 Å². The number of aryl methyl sites for hydroxylation is 2. The van der Waals surface area contributed by atoms with Crippen molar-refractivity contribution in [1.29, 1.82) is 0 Å². The summed E-state index contributed by atoms with van der Waals surface area (Å²) in [5.74, 6) is 2.11. The lowest BCUT2D eigenvalue weighted by molar-refractivity contribution is -0.133. The Morgan fingerprint density at radius 2 is 0.976 bits per heavy atom. The van der Waals surface area contributed by atoms with Crippen LogP contribution < -0.4 is 18.9 Å². The maximum absolute atomic E-state index is 12.8. The number of benzene rings is 2. The smallest absolute Gasteiger partial charge is 0.260 e. The molecule has 2 aromatic carbocycles. The van der Waals surface area contributed by atoms with Gasteiger partial charge in [0.1, 0.15) is 0 Å². The first-order chi connectivity index (χ1) is 19.8. The lowest BCUT2D eigenvalue weighted by atomic mass is 9.96. The van der Waals surface area contributed by atoms with Crippen molar-refractivity contribution in [3.8, 4) is 23.0 Å². The van der Waals surface area contributed by atoms with Crippen molar-refractivity contribution in [2.24, 2.45) is 0 Å². The molecule has 0 saturated heterocycles. The lowest BCUT2D eigenvalue weighted by Crippen LogP contribution is -2.34. The summed E-state index contributed by atoms with van der Waals surface area (Å²) in [6.07, 6.45) is 4.16. The fourth-order valence-electron chi connectivity index (χ4n) is 5.01. The second kappa shape index (κ2) is 17.4. The van der Waals surface area contributed by atoms with Crippen LogP contribution in [0.1, 0.15) is 76.6 Å². The zero-order valence-corrected chi connectivity index (χ0v) is 26.4. The first-order valence-electron chi connectivity index (χ1n) is 15.0. The number of carbonyl (C=O) groups excluding carboxylic acids is 2. The third kappa shape index (κ3) is 9.30. The van der Waals surface area contributed by atoms with Gasteiger partial charge in [0, 0.05) is 43.7 Å². The fraction of sp³-hybridized carbons (Fsp3) is 0.576. The average molecular weight is 571 g/mol. The molecule has 0 saturated carbocycles. The van der Waals surface area contributed by atoms with E-state index in [4.69, 9.17) is 18.9 Å². The summed E-state index contributed by atoms with van der Waals surface area (Å²) in [4.78, 5) is 29.1. The van der Waals surface area contributed by atoms with Gasteiger partial charge in [-0.25, -0.2) is 0 Å². The molecule has 8 nitrogen and oxygen atoms in total. The van der Waals surface area contributed by atoms with Crippen LogP contribution in [0.4, 0.5) is 0 Å². The van der Waals surface area contributed by atoms with E-state index in [-0.39, 0.29) is 25.0 Å². The van der Waals surface area contributed by atoms with E-state index in [9.17, 15) is 9.59 Å². The Labute approximate surface area is 246 Å². The molecule has 2 amide bonds. The van der Waals surface area contributed by atoms with Gasteiger partial charge in [0.05, 0.1) is 14.2 Å². The number of likely N-dealkylation sites (N-methyl/N-ethyl adjacent to an activating group) is 2. The number of amides is 2. The number of nitrogens with zero attached hydrogens (tertiary/aromatic N) is 2. The van der Waals surface area contributed by atoms with E-state index in [0.29, 0.717) is 55.6 Å². The van der Waals surface area contributed by atoms with Gasteiger partial charge in [0.25, 0.3) is 11.8 Å². The molecular formula is C33H50N2O6. The summed E-state index contributed by atoms with van der Waals surface area (Å²) in [5.41, 5.74) is 4.02. The van der Waals surface area contributed by atoms with Crippen molar-refractivity contribution in [2.75, 3.05) is 53.6 Å². The van der Waals surface area contributed by atoms with Crippen LogP contribution in [-0.4, -0.2) is 75.2 Å². The van der Waals surface area contributed by atoms with Crippen LogP contribution in [0.15, 0.2) is 24.3 Å². The Kier molecular flexibility index (Phi) is 14.3.